The zero-order chi connectivity index (χ0) is 36.8. The molecule has 2 heterocycles. The lowest BCUT2D eigenvalue weighted by Crippen LogP contribution is -2.60. The van der Waals surface area contributed by atoms with E-state index in [4.69, 9.17) is 14.2 Å². The molecule has 15 heteroatoms. The molecule has 3 aliphatic rings. The molecule has 2 aromatic rings. The first-order valence-corrected chi connectivity index (χ1v) is 18.6. The number of likely N-dealkylation sites (tertiary alicyclic amines) is 1. The Morgan fingerprint density at radius 1 is 1.06 bits per heavy atom. The largest absolute Gasteiger partial charge is 0.496 e. The number of fused-ring (bicyclic) bond motifs is 1. The van der Waals surface area contributed by atoms with Crippen molar-refractivity contribution in [2.24, 2.45) is 11.3 Å². The minimum Gasteiger partial charge on any atom is -0.496 e. The number of rotatable bonds is 11. The molecular weight excluding hydrogens is 666 g/mol. The Morgan fingerprint density at radius 2 is 1.76 bits per heavy atom. The zero-order valence-electron chi connectivity index (χ0n) is 30.0. The molecule has 5 atom stereocenters. The van der Waals surface area contributed by atoms with Crippen molar-refractivity contribution in [3.63, 3.8) is 0 Å². The van der Waals surface area contributed by atoms with Crippen molar-refractivity contribution in [2.75, 3.05) is 13.7 Å². The zero-order valence-corrected chi connectivity index (χ0v) is 30.8. The first kappa shape index (κ1) is 37.1. The number of nitrogens with one attached hydrogen (secondary N) is 3. The second kappa shape index (κ2) is 13.5. The number of aromatic nitrogens is 1. The van der Waals surface area contributed by atoms with Crippen LogP contribution in [0.1, 0.15) is 80.6 Å². The summed E-state index contributed by atoms with van der Waals surface area (Å²) in [5.41, 5.74) is -3.06. The third-order valence-corrected chi connectivity index (χ3v) is 11.2. The van der Waals surface area contributed by atoms with Gasteiger partial charge >= 0.3 is 6.09 Å². The van der Waals surface area contributed by atoms with Crippen LogP contribution in [0.2, 0.25) is 0 Å². The van der Waals surface area contributed by atoms with Crippen molar-refractivity contribution in [1.82, 2.24) is 25.2 Å². The monoisotopic (exact) mass is 715 g/mol. The molecule has 5 rings (SSSR count). The predicted molar refractivity (Wildman–Crippen MR) is 185 cm³/mol. The first-order valence-electron chi connectivity index (χ1n) is 17.1. The summed E-state index contributed by atoms with van der Waals surface area (Å²) in [5.74, 6) is -1.32. The van der Waals surface area contributed by atoms with E-state index >= 15 is 0 Å². The number of hydrogen-bond donors (Lipinski definition) is 3. The van der Waals surface area contributed by atoms with Gasteiger partial charge in [0.15, 0.2) is 0 Å². The van der Waals surface area contributed by atoms with Crippen LogP contribution in [-0.2, 0) is 29.1 Å². The van der Waals surface area contributed by atoms with Gasteiger partial charge in [-0.3, -0.25) is 19.1 Å². The second-order valence-corrected chi connectivity index (χ2v) is 17.5. The minimum atomic E-state index is -3.86. The second-order valence-electron chi connectivity index (χ2n) is 15.5. The van der Waals surface area contributed by atoms with Gasteiger partial charge in [-0.15, -0.1) is 0 Å². The highest BCUT2D eigenvalue weighted by Crippen LogP contribution is 2.47. The Bertz CT molecular complexity index is 1770. The average Bonchev–Trinajstić information content (AvgIpc) is 3.95. The predicted octanol–water partition coefficient (Wildman–Crippen LogP) is 3.42. The summed E-state index contributed by atoms with van der Waals surface area (Å²) >= 11 is 0. The van der Waals surface area contributed by atoms with Crippen LogP contribution in [-0.4, -0.2) is 90.3 Å². The van der Waals surface area contributed by atoms with E-state index in [1.807, 2.05) is 19.1 Å². The number of nitrogens with zero attached hydrogens (tertiary/aromatic N) is 2. The van der Waals surface area contributed by atoms with Gasteiger partial charge in [-0.25, -0.2) is 18.2 Å². The van der Waals surface area contributed by atoms with Crippen LogP contribution in [0.5, 0.6) is 11.6 Å². The summed E-state index contributed by atoms with van der Waals surface area (Å²) in [6.07, 6.45) is 1.86. The molecule has 1 saturated heterocycles. The van der Waals surface area contributed by atoms with Gasteiger partial charge < -0.3 is 29.7 Å². The molecule has 14 nitrogen and oxygen atoms in total. The fourth-order valence-electron chi connectivity index (χ4n) is 6.49. The first-order chi connectivity index (χ1) is 23.3. The summed E-state index contributed by atoms with van der Waals surface area (Å²) in [6, 6.07) is 5.03. The fourth-order valence-corrected chi connectivity index (χ4v) is 7.86. The van der Waals surface area contributed by atoms with Gasteiger partial charge in [0, 0.05) is 23.4 Å². The molecule has 4 amide bonds. The molecule has 274 valence electrons. The number of ether oxygens (including phenoxy) is 3. The molecule has 2 aliphatic carbocycles. The Balaban J connectivity index is 1.45. The number of sulfonamides is 1. The Labute approximate surface area is 293 Å². The molecule has 3 N–H and O–H groups in total. The van der Waals surface area contributed by atoms with E-state index < -0.39 is 73.8 Å². The third kappa shape index (κ3) is 7.92. The number of benzene rings is 1. The maximum absolute atomic E-state index is 14.4. The smallest absolute Gasteiger partial charge is 0.408 e. The van der Waals surface area contributed by atoms with Crippen LogP contribution < -0.4 is 24.8 Å². The molecule has 1 aliphatic heterocycles. The Morgan fingerprint density at radius 3 is 2.34 bits per heavy atom. The van der Waals surface area contributed by atoms with Crippen LogP contribution in [0, 0.1) is 11.3 Å². The number of amides is 4. The standard InChI is InChI=1S/C35H49N5O9S/c1-9-20-18-35(20,31(43)39-50(45,46)22-13-14-22)38-28(41)25-17-21(48-29-24-11-10-12-26(47-8)23(24)15-16-36-29)19-40(25)30(42)27(33(2,3)4)37-32(44)49-34(5,6)7/h10-12,15-16,20-22,25,27H,9,13-14,17-19H2,1-8H3,(H,37,44)(H,38,41)(H,39,43)/t20-,21-,25+,27-,35-/m1/s1. The highest BCUT2D eigenvalue weighted by Gasteiger charge is 2.62. The van der Waals surface area contributed by atoms with Crippen LogP contribution in [0.25, 0.3) is 10.8 Å². The van der Waals surface area contributed by atoms with Gasteiger partial charge in [0.25, 0.3) is 5.91 Å². The molecule has 0 unspecified atom stereocenters. The minimum absolute atomic E-state index is 0.0337. The van der Waals surface area contributed by atoms with E-state index in [2.05, 4.69) is 20.3 Å². The lowest BCUT2D eigenvalue weighted by molar-refractivity contribution is -0.143. The van der Waals surface area contributed by atoms with Gasteiger partial charge in [0.2, 0.25) is 27.7 Å². The highest BCUT2D eigenvalue weighted by atomic mass is 32.2. The van der Waals surface area contributed by atoms with Crippen molar-refractivity contribution >= 4 is 44.6 Å². The van der Waals surface area contributed by atoms with E-state index in [9.17, 15) is 27.6 Å². The van der Waals surface area contributed by atoms with Crippen molar-refractivity contribution in [2.45, 2.75) is 115 Å². The van der Waals surface area contributed by atoms with Crippen LogP contribution >= 0.6 is 0 Å². The molecule has 2 saturated carbocycles. The summed E-state index contributed by atoms with van der Waals surface area (Å²) < 4.78 is 44.9. The van der Waals surface area contributed by atoms with E-state index in [0.717, 1.165) is 5.39 Å². The molecule has 0 spiro atoms. The summed E-state index contributed by atoms with van der Waals surface area (Å²) in [5, 5.41) is 6.38. The third-order valence-electron chi connectivity index (χ3n) is 9.40. The van der Waals surface area contributed by atoms with Crippen molar-refractivity contribution in [3.05, 3.63) is 30.5 Å². The Kier molecular flexibility index (Phi) is 10.0. The van der Waals surface area contributed by atoms with E-state index in [-0.39, 0.29) is 31.2 Å². The van der Waals surface area contributed by atoms with Crippen LogP contribution in [0.4, 0.5) is 4.79 Å². The summed E-state index contributed by atoms with van der Waals surface area (Å²) in [7, 11) is -2.30. The quantitative estimate of drug-likeness (QED) is 0.312. The number of pyridine rings is 1. The maximum Gasteiger partial charge on any atom is 0.408 e. The van der Waals surface area contributed by atoms with Gasteiger partial charge in [0.05, 0.1) is 18.9 Å². The number of carbonyl (C=O) groups excluding carboxylic acids is 4. The average molecular weight is 716 g/mol. The number of methoxy groups -OCH3 is 1. The van der Waals surface area contributed by atoms with Crippen molar-refractivity contribution in [1.29, 1.82) is 0 Å². The topological polar surface area (TPSA) is 182 Å². The van der Waals surface area contributed by atoms with Crippen molar-refractivity contribution < 1.29 is 41.8 Å². The number of hydrogen-bond acceptors (Lipinski definition) is 10. The van der Waals surface area contributed by atoms with E-state index in [0.29, 0.717) is 30.4 Å². The van der Waals surface area contributed by atoms with Gasteiger partial charge in [-0.1, -0.05) is 40.2 Å². The SMILES string of the molecule is CC[C@@H]1C[C@]1(NC(=O)[C@@H]1C[C@@H](Oc2nccc3c(OC)cccc23)CN1C(=O)[C@@H](NC(=O)OC(C)(C)C)C(C)(C)C)C(=O)NS(=O)(=O)C1CC1. The van der Waals surface area contributed by atoms with Gasteiger partial charge in [0.1, 0.15) is 35.1 Å². The lowest BCUT2D eigenvalue weighted by Gasteiger charge is -2.36. The molecule has 0 radical (unpaired) electrons. The van der Waals surface area contributed by atoms with E-state index in [1.54, 1.807) is 67.0 Å². The molecule has 1 aromatic heterocycles. The molecule has 1 aromatic carbocycles. The molecular formula is C35H49N5O9S. The number of alkyl carbamates (subject to hydrolysis) is 1. The Hall–Kier alpha value is -4.14. The highest BCUT2D eigenvalue weighted by molar-refractivity contribution is 7.91. The molecule has 0 bridgehead atoms. The molecule has 3 fully saturated rings. The van der Waals surface area contributed by atoms with E-state index in [1.165, 1.54) is 4.90 Å². The van der Waals surface area contributed by atoms with Gasteiger partial charge in [-0.05, 0) is 69.6 Å². The summed E-state index contributed by atoms with van der Waals surface area (Å²) in [6.45, 7) is 12.3. The summed E-state index contributed by atoms with van der Waals surface area (Å²) in [4.78, 5) is 60.9. The maximum atomic E-state index is 14.4. The number of carbonyl (C=O) groups is 4. The molecule has 50 heavy (non-hydrogen) atoms. The fraction of sp³-hybridized carbons (Fsp3) is 0.629. The van der Waals surface area contributed by atoms with Crippen molar-refractivity contribution in [3.8, 4) is 11.6 Å². The van der Waals surface area contributed by atoms with Crippen LogP contribution in [0.15, 0.2) is 30.5 Å². The van der Waals surface area contributed by atoms with Gasteiger partial charge in [-0.2, -0.15) is 0 Å². The lowest BCUT2D eigenvalue weighted by atomic mass is 9.85. The van der Waals surface area contributed by atoms with Crippen LogP contribution in [0.3, 0.4) is 0 Å². The normalized spacial score (nSPS) is 24.2.